The van der Waals surface area contributed by atoms with Crippen molar-refractivity contribution in [2.24, 2.45) is 16.3 Å². The fourth-order valence-corrected chi connectivity index (χ4v) is 4.43. The van der Waals surface area contributed by atoms with Crippen molar-refractivity contribution in [3.8, 4) is 0 Å². The third-order valence-corrected chi connectivity index (χ3v) is 6.04. The maximum atomic E-state index is 5.02. The molecule has 3 rings (SSSR count). The number of likely N-dealkylation sites (tertiary alicyclic amines) is 2. The van der Waals surface area contributed by atoms with E-state index in [9.17, 15) is 0 Å². The first kappa shape index (κ1) is 16.1. The molecule has 4 nitrogen and oxygen atoms in total. The molecule has 4 heteroatoms. The lowest BCUT2D eigenvalue weighted by atomic mass is 9.68. The minimum atomic E-state index is 0.653. The molecule has 0 bridgehead atoms. The molecule has 0 aromatic heterocycles. The molecule has 1 saturated carbocycles. The third kappa shape index (κ3) is 3.58. The van der Waals surface area contributed by atoms with Crippen molar-refractivity contribution in [2.75, 3.05) is 45.8 Å². The quantitative estimate of drug-likeness (QED) is 0.640. The number of rotatable bonds is 4. The van der Waals surface area contributed by atoms with Crippen LogP contribution in [0.1, 0.15) is 52.4 Å². The average Bonchev–Trinajstić information content (AvgIpc) is 2.97. The molecule has 0 aromatic carbocycles. The van der Waals surface area contributed by atoms with Crippen LogP contribution in [0.2, 0.25) is 0 Å². The van der Waals surface area contributed by atoms with Gasteiger partial charge in [-0.1, -0.05) is 13.3 Å². The molecule has 1 aliphatic carbocycles. The SMILES string of the molecule is CCNC(=NCC1CCCN(CC)C1)N1CCC2(CCC2)C1. The normalized spacial score (nSPS) is 28.9. The van der Waals surface area contributed by atoms with Crippen LogP contribution < -0.4 is 5.32 Å². The van der Waals surface area contributed by atoms with Crippen LogP contribution in [-0.2, 0) is 0 Å². The minimum absolute atomic E-state index is 0.653. The van der Waals surface area contributed by atoms with Crippen molar-refractivity contribution in [3.05, 3.63) is 0 Å². The summed E-state index contributed by atoms with van der Waals surface area (Å²) in [4.78, 5) is 10.1. The smallest absolute Gasteiger partial charge is 0.193 e. The molecule has 1 spiro atoms. The van der Waals surface area contributed by atoms with Crippen molar-refractivity contribution >= 4 is 5.96 Å². The summed E-state index contributed by atoms with van der Waals surface area (Å²) in [5, 5.41) is 3.54. The van der Waals surface area contributed by atoms with Gasteiger partial charge < -0.3 is 15.1 Å². The predicted molar refractivity (Wildman–Crippen MR) is 93.3 cm³/mol. The molecular weight excluding hydrogens is 272 g/mol. The van der Waals surface area contributed by atoms with E-state index in [0.29, 0.717) is 5.41 Å². The fourth-order valence-electron chi connectivity index (χ4n) is 4.43. The van der Waals surface area contributed by atoms with Gasteiger partial charge in [0.15, 0.2) is 5.96 Å². The highest BCUT2D eigenvalue weighted by molar-refractivity contribution is 5.80. The van der Waals surface area contributed by atoms with Gasteiger partial charge in [-0.25, -0.2) is 0 Å². The van der Waals surface area contributed by atoms with Gasteiger partial charge >= 0.3 is 0 Å². The maximum Gasteiger partial charge on any atom is 0.193 e. The van der Waals surface area contributed by atoms with E-state index in [2.05, 4.69) is 29.0 Å². The zero-order valence-corrected chi connectivity index (χ0v) is 14.6. The highest BCUT2D eigenvalue weighted by atomic mass is 15.3. The van der Waals surface area contributed by atoms with Crippen LogP contribution in [0, 0.1) is 11.3 Å². The lowest BCUT2D eigenvalue weighted by Crippen LogP contribution is -2.43. The van der Waals surface area contributed by atoms with Crippen molar-refractivity contribution in [1.29, 1.82) is 0 Å². The first-order valence-electron chi connectivity index (χ1n) is 9.50. The molecule has 22 heavy (non-hydrogen) atoms. The Balaban J connectivity index is 1.56. The lowest BCUT2D eigenvalue weighted by Gasteiger charge is -2.38. The number of hydrogen-bond donors (Lipinski definition) is 1. The van der Waals surface area contributed by atoms with Crippen LogP contribution in [0.4, 0.5) is 0 Å². The van der Waals surface area contributed by atoms with Gasteiger partial charge in [0.1, 0.15) is 0 Å². The highest BCUT2D eigenvalue weighted by Gasteiger charge is 2.43. The van der Waals surface area contributed by atoms with Gasteiger partial charge in [-0.05, 0) is 63.5 Å². The van der Waals surface area contributed by atoms with E-state index in [-0.39, 0.29) is 0 Å². The van der Waals surface area contributed by atoms with Crippen LogP contribution in [0.15, 0.2) is 4.99 Å². The molecule has 2 aliphatic heterocycles. The summed E-state index contributed by atoms with van der Waals surface area (Å²) in [6.45, 7) is 12.6. The van der Waals surface area contributed by atoms with Crippen molar-refractivity contribution in [2.45, 2.75) is 52.4 Å². The summed E-state index contributed by atoms with van der Waals surface area (Å²) in [6, 6.07) is 0. The molecule has 2 saturated heterocycles. The number of hydrogen-bond acceptors (Lipinski definition) is 2. The zero-order chi connectivity index (χ0) is 15.4. The summed E-state index contributed by atoms with van der Waals surface area (Å²) in [7, 11) is 0. The Hall–Kier alpha value is -0.770. The van der Waals surface area contributed by atoms with Gasteiger partial charge in [0.05, 0.1) is 0 Å². The Kier molecular flexibility index (Phi) is 5.27. The van der Waals surface area contributed by atoms with E-state index in [1.54, 1.807) is 0 Å². The molecule has 2 heterocycles. The molecule has 1 unspecified atom stereocenters. The largest absolute Gasteiger partial charge is 0.357 e. The van der Waals surface area contributed by atoms with Crippen molar-refractivity contribution in [3.63, 3.8) is 0 Å². The van der Waals surface area contributed by atoms with Gasteiger partial charge in [-0.2, -0.15) is 0 Å². The summed E-state index contributed by atoms with van der Waals surface area (Å²) in [5.41, 5.74) is 0.653. The second kappa shape index (κ2) is 7.20. The van der Waals surface area contributed by atoms with Crippen molar-refractivity contribution in [1.82, 2.24) is 15.1 Å². The van der Waals surface area contributed by atoms with E-state index in [1.807, 2.05) is 0 Å². The van der Waals surface area contributed by atoms with Gasteiger partial charge in [0, 0.05) is 32.7 Å². The zero-order valence-electron chi connectivity index (χ0n) is 14.6. The summed E-state index contributed by atoms with van der Waals surface area (Å²) < 4.78 is 0. The molecule has 0 radical (unpaired) electrons. The van der Waals surface area contributed by atoms with Crippen LogP contribution >= 0.6 is 0 Å². The minimum Gasteiger partial charge on any atom is -0.357 e. The standard InChI is InChI=1S/C18H34N4/c1-3-19-17(22-12-10-18(15-22)8-6-9-18)20-13-16-7-5-11-21(4-2)14-16/h16H,3-15H2,1-2H3,(H,19,20). The number of nitrogens with one attached hydrogen (secondary N) is 1. The Morgan fingerprint density at radius 3 is 2.68 bits per heavy atom. The first-order valence-corrected chi connectivity index (χ1v) is 9.50. The third-order valence-electron chi connectivity index (χ3n) is 6.04. The van der Waals surface area contributed by atoms with E-state index >= 15 is 0 Å². The Morgan fingerprint density at radius 2 is 2.05 bits per heavy atom. The van der Waals surface area contributed by atoms with Gasteiger partial charge in [0.2, 0.25) is 0 Å². The Bertz CT molecular complexity index is 389. The second-order valence-electron chi connectivity index (χ2n) is 7.62. The van der Waals surface area contributed by atoms with Crippen LogP contribution in [0.25, 0.3) is 0 Å². The van der Waals surface area contributed by atoms with E-state index in [4.69, 9.17) is 4.99 Å². The first-order chi connectivity index (χ1) is 10.7. The number of piperidine rings is 1. The van der Waals surface area contributed by atoms with Gasteiger partial charge in [-0.3, -0.25) is 4.99 Å². The van der Waals surface area contributed by atoms with E-state index in [0.717, 1.165) is 19.0 Å². The number of aliphatic imine (C=N–C) groups is 1. The molecule has 0 aromatic rings. The lowest BCUT2D eigenvalue weighted by molar-refractivity contribution is 0.151. The summed E-state index contributed by atoms with van der Waals surface area (Å²) in [5.74, 6) is 1.93. The van der Waals surface area contributed by atoms with Crippen LogP contribution in [0.3, 0.4) is 0 Å². The molecule has 0 amide bonds. The Labute approximate surface area is 136 Å². The number of guanidine groups is 1. The molecule has 3 fully saturated rings. The predicted octanol–water partition coefficient (Wildman–Crippen LogP) is 2.56. The topological polar surface area (TPSA) is 30.9 Å². The van der Waals surface area contributed by atoms with E-state index < -0.39 is 0 Å². The molecule has 1 N–H and O–H groups in total. The number of nitrogens with zero attached hydrogens (tertiary/aromatic N) is 3. The summed E-state index contributed by atoms with van der Waals surface area (Å²) in [6.07, 6.45) is 8.40. The second-order valence-corrected chi connectivity index (χ2v) is 7.62. The van der Waals surface area contributed by atoms with Gasteiger partial charge in [0.25, 0.3) is 0 Å². The van der Waals surface area contributed by atoms with Crippen LogP contribution in [0.5, 0.6) is 0 Å². The molecule has 126 valence electrons. The average molecular weight is 306 g/mol. The maximum absolute atomic E-state index is 5.02. The fraction of sp³-hybridized carbons (Fsp3) is 0.944. The van der Waals surface area contributed by atoms with Crippen molar-refractivity contribution < 1.29 is 0 Å². The van der Waals surface area contributed by atoms with Crippen LogP contribution in [-0.4, -0.2) is 61.6 Å². The highest BCUT2D eigenvalue weighted by Crippen LogP contribution is 2.47. The summed E-state index contributed by atoms with van der Waals surface area (Å²) >= 11 is 0. The van der Waals surface area contributed by atoms with Gasteiger partial charge in [-0.15, -0.1) is 0 Å². The Morgan fingerprint density at radius 1 is 1.18 bits per heavy atom. The monoisotopic (exact) mass is 306 g/mol. The molecular formula is C18H34N4. The molecule has 1 atom stereocenters. The molecule has 3 aliphatic rings. The van der Waals surface area contributed by atoms with E-state index in [1.165, 1.54) is 77.2 Å².